The third kappa shape index (κ3) is 3.32. The Hall–Kier alpha value is -2.63. The summed E-state index contributed by atoms with van der Waals surface area (Å²) in [6.45, 7) is 3.34. The highest BCUT2D eigenvalue weighted by Crippen LogP contribution is 2.29. The van der Waals surface area contributed by atoms with Gasteiger partial charge in [0.2, 0.25) is 0 Å². The van der Waals surface area contributed by atoms with Crippen molar-refractivity contribution < 1.29 is 9.53 Å². The highest BCUT2D eigenvalue weighted by Gasteiger charge is 2.26. The predicted molar refractivity (Wildman–Crippen MR) is 90.5 cm³/mol. The number of methoxy groups -OCH3 is 1. The molecule has 126 valence electrons. The Kier molecular flexibility index (Phi) is 4.64. The molecule has 1 aliphatic heterocycles. The summed E-state index contributed by atoms with van der Waals surface area (Å²) in [5.41, 5.74) is 2.35. The van der Waals surface area contributed by atoms with Crippen molar-refractivity contribution in [2.75, 3.05) is 20.2 Å². The molecule has 6 heteroatoms. The minimum absolute atomic E-state index is 0.108. The molecule has 24 heavy (non-hydrogen) atoms. The molecule has 0 atom stereocenters. The third-order valence-corrected chi connectivity index (χ3v) is 4.52. The first-order valence-electron chi connectivity index (χ1n) is 8.07. The van der Waals surface area contributed by atoms with Crippen LogP contribution in [0, 0.1) is 6.92 Å². The Morgan fingerprint density at radius 2 is 2.08 bits per heavy atom. The van der Waals surface area contributed by atoms with Gasteiger partial charge in [0.15, 0.2) is 0 Å². The maximum Gasteiger partial charge on any atom is 0.259 e. The summed E-state index contributed by atoms with van der Waals surface area (Å²) in [5, 5.41) is 0. The second-order valence-electron chi connectivity index (χ2n) is 6.08. The fourth-order valence-electron chi connectivity index (χ4n) is 3.10. The number of ether oxygens (including phenoxy) is 1. The van der Waals surface area contributed by atoms with Gasteiger partial charge in [-0.25, -0.2) is 0 Å². The van der Waals surface area contributed by atoms with Gasteiger partial charge in [-0.1, -0.05) is 6.07 Å². The smallest absolute Gasteiger partial charge is 0.259 e. The fraction of sp³-hybridized carbons (Fsp3) is 0.389. The van der Waals surface area contributed by atoms with Crippen LogP contribution >= 0.6 is 0 Å². The lowest BCUT2D eigenvalue weighted by Crippen LogP contribution is -2.38. The molecule has 0 bridgehead atoms. The molecule has 1 amide bonds. The van der Waals surface area contributed by atoms with Crippen LogP contribution in [0.5, 0.6) is 5.75 Å². The van der Waals surface area contributed by atoms with Crippen LogP contribution in [0.4, 0.5) is 0 Å². The lowest BCUT2D eigenvalue weighted by molar-refractivity contribution is 0.0709. The molecule has 0 unspecified atom stereocenters. The Bertz CT molecular complexity index is 775. The first-order valence-corrected chi connectivity index (χ1v) is 8.07. The Balaban J connectivity index is 1.69. The first kappa shape index (κ1) is 16.2. The molecular weight excluding hydrogens is 306 g/mol. The number of aromatic amines is 1. The van der Waals surface area contributed by atoms with E-state index in [0.29, 0.717) is 30.3 Å². The average Bonchev–Trinajstić information content (AvgIpc) is 2.62. The van der Waals surface area contributed by atoms with Crippen LogP contribution < -0.4 is 10.3 Å². The van der Waals surface area contributed by atoms with Crippen LogP contribution in [0.25, 0.3) is 0 Å². The number of rotatable bonds is 3. The molecule has 1 aliphatic rings. The summed E-state index contributed by atoms with van der Waals surface area (Å²) < 4.78 is 5.16. The minimum Gasteiger partial charge on any atom is -0.496 e. The van der Waals surface area contributed by atoms with Crippen molar-refractivity contribution in [2.45, 2.75) is 25.7 Å². The molecule has 0 spiro atoms. The molecule has 1 N–H and O–H groups in total. The second kappa shape index (κ2) is 6.86. The number of nitrogens with one attached hydrogen (secondary N) is 1. The SMILES string of the molecule is COc1cc(=O)[nH]cc1C(=O)N1CCC(c2ccc(C)nc2)CC1. The Labute approximate surface area is 140 Å². The minimum atomic E-state index is -0.283. The molecule has 0 aliphatic carbocycles. The van der Waals surface area contributed by atoms with E-state index in [4.69, 9.17) is 4.74 Å². The zero-order chi connectivity index (χ0) is 17.1. The van der Waals surface area contributed by atoms with Gasteiger partial charge in [-0.2, -0.15) is 0 Å². The van der Waals surface area contributed by atoms with E-state index in [-0.39, 0.29) is 11.5 Å². The number of aryl methyl sites for hydroxylation is 1. The van der Waals surface area contributed by atoms with Gasteiger partial charge >= 0.3 is 0 Å². The van der Waals surface area contributed by atoms with E-state index in [1.807, 2.05) is 24.1 Å². The number of likely N-dealkylation sites (tertiary alicyclic amines) is 1. The van der Waals surface area contributed by atoms with Gasteiger partial charge in [0.1, 0.15) is 5.75 Å². The van der Waals surface area contributed by atoms with E-state index < -0.39 is 0 Å². The number of aromatic nitrogens is 2. The van der Waals surface area contributed by atoms with Gasteiger partial charge in [-0.05, 0) is 37.3 Å². The number of pyridine rings is 2. The van der Waals surface area contributed by atoms with Crippen LogP contribution in [0.15, 0.2) is 35.4 Å². The summed E-state index contributed by atoms with van der Waals surface area (Å²) in [6, 6.07) is 5.45. The van der Waals surface area contributed by atoms with E-state index in [1.165, 1.54) is 24.9 Å². The molecule has 3 rings (SSSR count). The van der Waals surface area contributed by atoms with Crippen molar-refractivity contribution in [1.82, 2.24) is 14.9 Å². The van der Waals surface area contributed by atoms with E-state index in [0.717, 1.165) is 18.5 Å². The molecular formula is C18H21N3O3. The van der Waals surface area contributed by atoms with Gasteiger partial charge in [-0.15, -0.1) is 0 Å². The zero-order valence-electron chi connectivity index (χ0n) is 13.9. The molecule has 2 aromatic rings. The topological polar surface area (TPSA) is 75.3 Å². The van der Waals surface area contributed by atoms with Crippen LogP contribution in [0.3, 0.4) is 0 Å². The molecule has 1 saturated heterocycles. The molecule has 3 heterocycles. The summed E-state index contributed by atoms with van der Waals surface area (Å²) >= 11 is 0. The molecule has 0 saturated carbocycles. The third-order valence-electron chi connectivity index (χ3n) is 4.52. The highest BCUT2D eigenvalue weighted by molar-refractivity contribution is 5.96. The molecule has 0 radical (unpaired) electrons. The molecule has 2 aromatic heterocycles. The normalized spacial score (nSPS) is 15.3. The van der Waals surface area contributed by atoms with Crippen molar-refractivity contribution in [3.8, 4) is 5.75 Å². The van der Waals surface area contributed by atoms with Gasteiger partial charge in [-0.3, -0.25) is 14.6 Å². The number of H-pyrrole nitrogens is 1. The molecule has 6 nitrogen and oxygen atoms in total. The number of hydrogen-bond donors (Lipinski definition) is 1. The fourth-order valence-corrected chi connectivity index (χ4v) is 3.10. The van der Waals surface area contributed by atoms with Gasteiger partial charge in [0.25, 0.3) is 11.5 Å². The van der Waals surface area contributed by atoms with Gasteiger partial charge in [0, 0.05) is 37.2 Å². The number of hydrogen-bond acceptors (Lipinski definition) is 4. The lowest BCUT2D eigenvalue weighted by Gasteiger charge is -2.32. The molecule has 1 fully saturated rings. The lowest BCUT2D eigenvalue weighted by atomic mass is 9.90. The van der Waals surface area contributed by atoms with Crippen molar-refractivity contribution in [3.05, 3.63) is 57.8 Å². The number of piperidine rings is 1. The number of carbonyl (C=O) groups is 1. The average molecular weight is 327 g/mol. The van der Waals surface area contributed by atoms with E-state index in [2.05, 4.69) is 16.0 Å². The van der Waals surface area contributed by atoms with Crippen molar-refractivity contribution in [3.63, 3.8) is 0 Å². The first-order chi connectivity index (χ1) is 11.6. The monoisotopic (exact) mass is 327 g/mol. The quantitative estimate of drug-likeness (QED) is 0.937. The van der Waals surface area contributed by atoms with Crippen molar-refractivity contribution >= 4 is 5.91 Å². The Morgan fingerprint density at radius 1 is 1.33 bits per heavy atom. The summed E-state index contributed by atoms with van der Waals surface area (Å²) in [7, 11) is 1.46. The number of carbonyl (C=O) groups excluding carboxylic acids is 1. The van der Waals surface area contributed by atoms with Crippen LogP contribution in [0.2, 0.25) is 0 Å². The van der Waals surface area contributed by atoms with Crippen molar-refractivity contribution in [1.29, 1.82) is 0 Å². The number of amides is 1. The van der Waals surface area contributed by atoms with Crippen LogP contribution in [-0.2, 0) is 0 Å². The predicted octanol–water partition coefficient (Wildman–Crippen LogP) is 2.11. The van der Waals surface area contributed by atoms with Crippen molar-refractivity contribution in [2.24, 2.45) is 0 Å². The standard InChI is InChI=1S/C18H21N3O3/c1-12-3-4-14(10-19-12)13-5-7-21(8-6-13)18(23)15-11-20-17(22)9-16(15)24-2/h3-4,9-11,13H,5-8H2,1-2H3,(H,20,22). The Morgan fingerprint density at radius 3 is 2.71 bits per heavy atom. The van der Waals surface area contributed by atoms with Crippen LogP contribution in [0.1, 0.15) is 40.4 Å². The van der Waals surface area contributed by atoms with Crippen LogP contribution in [-0.4, -0.2) is 41.0 Å². The maximum atomic E-state index is 12.7. The van der Waals surface area contributed by atoms with E-state index in [9.17, 15) is 9.59 Å². The summed E-state index contributed by atoms with van der Waals surface area (Å²) in [6.07, 6.45) is 5.17. The molecule has 0 aromatic carbocycles. The van der Waals surface area contributed by atoms with E-state index >= 15 is 0 Å². The summed E-state index contributed by atoms with van der Waals surface area (Å²) in [4.78, 5) is 32.8. The second-order valence-corrected chi connectivity index (χ2v) is 6.08. The van der Waals surface area contributed by atoms with Gasteiger partial charge in [0.05, 0.1) is 12.7 Å². The summed E-state index contributed by atoms with van der Waals surface area (Å²) in [5.74, 6) is 0.636. The maximum absolute atomic E-state index is 12.7. The highest BCUT2D eigenvalue weighted by atomic mass is 16.5. The largest absolute Gasteiger partial charge is 0.496 e. The van der Waals surface area contributed by atoms with Gasteiger partial charge < -0.3 is 14.6 Å². The van der Waals surface area contributed by atoms with E-state index in [1.54, 1.807) is 0 Å². The zero-order valence-corrected chi connectivity index (χ0v) is 13.9. The number of nitrogens with zero attached hydrogens (tertiary/aromatic N) is 2.